The Morgan fingerprint density at radius 1 is 1.00 bits per heavy atom. The monoisotopic (exact) mass is 321 g/mol. The van der Waals surface area contributed by atoms with Crippen LogP contribution in [-0.2, 0) is 0 Å². The number of ether oxygens (including phenoxy) is 3. The highest BCUT2D eigenvalue weighted by atomic mass is 16.5. The SMILES string of the molecule is COc1cc(OC)c([C@@H]2NCC[C@@]3(O)CCCC[C@@H]23)cc1OC. The van der Waals surface area contributed by atoms with Crippen molar-refractivity contribution >= 4 is 0 Å². The zero-order valence-electron chi connectivity index (χ0n) is 14.2. The van der Waals surface area contributed by atoms with E-state index in [1.165, 1.54) is 6.42 Å². The fraction of sp³-hybridized carbons (Fsp3) is 0.667. The van der Waals surface area contributed by atoms with Crippen LogP contribution in [0.2, 0.25) is 0 Å². The van der Waals surface area contributed by atoms with Crippen molar-refractivity contribution in [3.8, 4) is 17.2 Å². The maximum absolute atomic E-state index is 11.1. The molecule has 128 valence electrons. The number of hydrogen-bond acceptors (Lipinski definition) is 5. The Labute approximate surface area is 137 Å². The first-order valence-electron chi connectivity index (χ1n) is 8.38. The van der Waals surface area contributed by atoms with Crippen molar-refractivity contribution in [2.45, 2.75) is 43.7 Å². The molecule has 1 aromatic rings. The van der Waals surface area contributed by atoms with Crippen molar-refractivity contribution in [3.05, 3.63) is 17.7 Å². The summed E-state index contributed by atoms with van der Waals surface area (Å²) >= 11 is 0. The maximum atomic E-state index is 11.1. The van der Waals surface area contributed by atoms with Crippen LogP contribution in [0, 0.1) is 5.92 Å². The van der Waals surface area contributed by atoms with Crippen LogP contribution in [0.15, 0.2) is 12.1 Å². The molecule has 1 aliphatic heterocycles. The molecule has 2 aliphatic rings. The molecule has 0 unspecified atom stereocenters. The van der Waals surface area contributed by atoms with Crippen molar-refractivity contribution in [3.63, 3.8) is 0 Å². The number of methoxy groups -OCH3 is 3. The van der Waals surface area contributed by atoms with E-state index in [-0.39, 0.29) is 12.0 Å². The fourth-order valence-corrected chi connectivity index (χ4v) is 4.25. The van der Waals surface area contributed by atoms with Gasteiger partial charge in [0.2, 0.25) is 0 Å². The van der Waals surface area contributed by atoms with Gasteiger partial charge in [-0.15, -0.1) is 0 Å². The molecule has 0 aromatic heterocycles. The molecule has 1 aliphatic carbocycles. The summed E-state index contributed by atoms with van der Waals surface area (Å²) in [6.45, 7) is 0.815. The molecule has 5 heteroatoms. The Morgan fingerprint density at radius 2 is 1.70 bits per heavy atom. The quantitative estimate of drug-likeness (QED) is 0.893. The number of fused-ring (bicyclic) bond motifs is 1. The van der Waals surface area contributed by atoms with E-state index < -0.39 is 5.60 Å². The second-order valence-corrected chi connectivity index (χ2v) is 6.59. The summed E-state index contributed by atoms with van der Waals surface area (Å²) < 4.78 is 16.4. The second kappa shape index (κ2) is 6.57. The smallest absolute Gasteiger partial charge is 0.164 e. The summed E-state index contributed by atoms with van der Waals surface area (Å²) in [5, 5.41) is 14.7. The second-order valence-electron chi connectivity index (χ2n) is 6.59. The summed E-state index contributed by atoms with van der Waals surface area (Å²) in [7, 11) is 4.93. The average molecular weight is 321 g/mol. The molecule has 0 bridgehead atoms. The molecule has 1 saturated heterocycles. The normalized spacial score (nSPS) is 30.4. The molecule has 23 heavy (non-hydrogen) atoms. The molecule has 3 atom stereocenters. The largest absolute Gasteiger partial charge is 0.496 e. The predicted molar refractivity (Wildman–Crippen MR) is 88.4 cm³/mol. The lowest BCUT2D eigenvalue weighted by Gasteiger charge is -2.48. The molecular weight excluding hydrogens is 294 g/mol. The lowest BCUT2D eigenvalue weighted by molar-refractivity contribution is -0.0863. The van der Waals surface area contributed by atoms with E-state index in [1.807, 2.05) is 12.1 Å². The van der Waals surface area contributed by atoms with Gasteiger partial charge in [0, 0.05) is 23.6 Å². The third-order valence-electron chi connectivity index (χ3n) is 5.46. The van der Waals surface area contributed by atoms with Crippen LogP contribution in [-0.4, -0.2) is 38.6 Å². The van der Waals surface area contributed by atoms with Crippen molar-refractivity contribution in [1.29, 1.82) is 0 Å². The Morgan fingerprint density at radius 3 is 2.39 bits per heavy atom. The molecule has 2 fully saturated rings. The fourth-order valence-electron chi connectivity index (χ4n) is 4.25. The molecule has 3 rings (SSSR count). The van der Waals surface area contributed by atoms with Gasteiger partial charge in [-0.2, -0.15) is 0 Å². The Bertz CT molecular complexity index is 558. The number of benzene rings is 1. The van der Waals surface area contributed by atoms with Crippen LogP contribution in [0.5, 0.6) is 17.2 Å². The van der Waals surface area contributed by atoms with Gasteiger partial charge in [-0.3, -0.25) is 0 Å². The third kappa shape index (κ3) is 2.88. The van der Waals surface area contributed by atoms with Crippen molar-refractivity contribution < 1.29 is 19.3 Å². The molecular formula is C18H27NO4. The molecule has 1 saturated carbocycles. The first-order chi connectivity index (χ1) is 11.1. The topological polar surface area (TPSA) is 60.0 Å². The number of piperidine rings is 1. The highest BCUT2D eigenvalue weighted by molar-refractivity contribution is 5.52. The Hall–Kier alpha value is -1.46. The summed E-state index contributed by atoms with van der Waals surface area (Å²) in [5.74, 6) is 2.32. The minimum absolute atomic E-state index is 0.0730. The van der Waals surface area contributed by atoms with E-state index in [9.17, 15) is 5.11 Å². The molecule has 5 nitrogen and oxygen atoms in total. The molecule has 0 spiro atoms. The minimum atomic E-state index is -0.563. The third-order valence-corrected chi connectivity index (χ3v) is 5.46. The van der Waals surface area contributed by atoms with Crippen LogP contribution >= 0.6 is 0 Å². The van der Waals surface area contributed by atoms with Gasteiger partial charge in [-0.05, 0) is 31.9 Å². The van der Waals surface area contributed by atoms with Gasteiger partial charge >= 0.3 is 0 Å². The van der Waals surface area contributed by atoms with E-state index >= 15 is 0 Å². The number of rotatable bonds is 4. The average Bonchev–Trinajstić information content (AvgIpc) is 2.59. The van der Waals surface area contributed by atoms with Gasteiger partial charge in [0.05, 0.1) is 26.9 Å². The predicted octanol–water partition coefficient (Wildman–Crippen LogP) is 2.67. The summed E-state index contributed by atoms with van der Waals surface area (Å²) in [6, 6.07) is 3.92. The van der Waals surface area contributed by atoms with Gasteiger partial charge in [-0.25, -0.2) is 0 Å². The standard InChI is InChI=1S/C18H27NO4/c1-21-14-11-16(23-3)15(22-2)10-12(14)17-13-6-4-5-7-18(13,20)8-9-19-17/h10-11,13,17,19-20H,4-9H2,1-3H3/t13-,17-,18-/m0/s1. The number of nitrogens with one attached hydrogen (secondary N) is 1. The van der Waals surface area contributed by atoms with E-state index in [1.54, 1.807) is 21.3 Å². The van der Waals surface area contributed by atoms with Gasteiger partial charge in [0.15, 0.2) is 11.5 Å². The zero-order chi connectivity index (χ0) is 16.4. The maximum Gasteiger partial charge on any atom is 0.164 e. The lowest BCUT2D eigenvalue weighted by Crippen LogP contribution is -2.53. The van der Waals surface area contributed by atoms with Crippen LogP contribution in [0.1, 0.15) is 43.7 Å². The van der Waals surface area contributed by atoms with Crippen molar-refractivity contribution in [2.75, 3.05) is 27.9 Å². The molecule has 1 aromatic carbocycles. The highest BCUT2D eigenvalue weighted by Gasteiger charge is 2.46. The van der Waals surface area contributed by atoms with E-state index in [2.05, 4.69) is 5.32 Å². The molecule has 1 heterocycles. The Balaban J connectivity index is 2.02. The highest BCUT2D eigenvalue weighted by Crippen LogP contribution is 2.49. The number of aliphatic hydroxyl groups is 1. The lowest BCUT2D eigenvalue weighted by atomic mass is 9.66. The van der Waals surface area contributed by atoms with E-state index in [0.29, 0.717) is 11.5 Å². The summed E-state index contributed by atoms with van der Waals surface area (Å²) in [4.78, 5) is 0. The van der Waals surface area contributed by atoms with Crippen LogP contribution in [0.3, 0.4) is 0 Å². The van der Waals surface area contributed by atoms with Crippen LogP contribution in [0.4, 0.5) is 0 Å². The van der Waals surface area contributed by atoms with E-state index in [4.69, 9.17) is 14.2 Å². The molecule has 2 N–H and O–H groups in total. The molecule has 0 radical (unpaired) electrons. The van der Waals surface area contributed by atoms with Gasteiger partial charge in [0.1, 0.15) is 5.75 Å². The summed E-state index contributed by atoms with van der Waals surface area (Å²) in [5.41, 5.74) is 0.474. The van der Waals surface area contributed by atoms with Gasteiger partial charge in [-0.1, -0.05) is 12.8 Å². The van der Waals surface area contributed by atoms with Crippen LogP contribution < -0.4 is 19.5 Å². The van der Waals surface area contributed by atoms with Gasteiger partial charge < -0.3 is 24.6 Å². The Kier molecular flexibility index (Phi) is 4.69. The van der Waals surface area contributed by atoms with Crippen molar-refractivity contribution in [2.24, 2.45) is 5.92 Å². The first kappa shape index (κ1) is 16.4. The zero-order valence-corrected chi connectivity index (χ0v) is 14.2. The number of hydrogen-bond donors (Lipinski definition) is 2. The van der Waals surface area contributed by atoms with E-state index in [0.717, 1.165) is 43.5 Å². The van der Waals surface area contributed by atoms with Crippen molar-refractivity contribution in [1.82, 2.24) is 5.32 Å². The minimum Gasteiger partial charge on any atom is -0.496 e. The molecule has 0 amide bonds. The van der Waals surface area contributed by atoms with Gasteiger partial charge in [0.25, 0.3) is 0 Å². The van der Waals surface area contributed by atoms with Crippen LogP contribution in [0.25, 0.3) is 0 Å². The summed E-state index contributed by atoms with van der Waals surface area (Å²) in [6.07, 6.45) is 5.03. The first-order valence-corrected chi connectivity index (χ1v) is 8.38.